The quantitative estimate of drug-likeness (QED) is 0.580. The average molecular weight is 126 g/mol. The summed E-state index contributed by atoms with van der Waals surface area (Å²) in [7, 11) is 0. The van der Waals surface area contributed by atoms with Gasteiger partial charge in [-0.3, -0.25) is 0 Å². The molecular formula is C7H10O2. The summed E-state index contributed by atoms with van der Waals surface area (Å²) in [5, 5.41) is 8.54. The first kappa shape index (κ1) is 8.14. The SMILES string of the molecule is O.OCc1ccccc1. The van der Waals surface area contributed by atoms with E-state index in [2.05, 4.69) is 0 Å². The second kappa shape index (κ2) is 4.06. The Hall–Kier alpha value is -0.860. The molecule has 2 nitrogen and oxygen atoms in total. The molecule has 0 aliphatic carbocycles. The van der Waals surface area contributed by atoms with Gasteiger partial charge in [-0.05, 0) is 5.56 Å². The van der Waals surface area contributed by atoms with Gasteiger partial charge in [0.05, 0.1) is 6.61 Å². The van der Waals surface area contributed by atoms with Gasteiger partial charge in [-0.25, -0.2) is 0 Å². The van der Waals surface area contributed by atoms with Gasteiger partial charge in [-0.15, -0.1) is 0 Å². The van der Waals surface area contributed by atoms with E-state index in [9.17, 15) is 0 Å². The van der Waals surface area contributed by atoms with Crippen molar-refractivity contribution in [2.45, 2.75) is 6.61 Å². The highest BCUT2D eigenvalue weighted by atomic mass is 16.3. The maximum atomic E-state index is 8.54. The maximum absolute atomic E-state index is 8.54. The molecule has 0 saturated heterocycles. The molecule has 0 aromatic heterocycles. The van der Waals surface area contributed by atoms with Crippen LogP contribution in [-0.2, 0) is 6.61 Å². The summed E-state index contributed by atoms with van der Waals surface area (Å²) in [6.45, 7) is 0.140. The Labute approximate surface area is 54.1 Å². The van der Waals surface area contributed by atoms with Crippen molar-refractivity contribution in [3.8, 4) is 0 Å². The average Bonchev–Trinajstić information content (AvgIpc) is 1.90. The summed E-state index contributed by atoms with van der Waals surface area (Å²) in [4.78, 5) is 0. The molecule has 3 N–H and O–H groups in total. The molecule has 0 spiro atoms. The molecule has 1 rings (SSSR count). The molecule has 0 amide bonds. The third kappa shape index (κ3) is 2.26. The number of benzene rings is 1. The lowest BCUT2D eigenvalue weighted by atomic mass is 10.2. The number of aliphatic hydroxyl groups is 1. The lowest BCUT2D eigenvalue weighted by Crippen LogP contribution is -1.77. The first-order valence-corrected chi connectivity index (χ1v) is 2.58. The number of hydrogen-bond donors (Lipinski definition) is 1. The van der Waals surface area contributed by atoms with Crippen LogP contribution in [0.3, 0.4) is 0 Å². The van der Waals surface area contributed by atoms with Gasteiger partial charge in [0, 0.05) is 0 Å². The Kier molecular flexibility index (Phi) is 3.67. The number of hydrogen-bond acceptors (Lipinski definition) is 1. The Morgan fingerprint density at radius 2 is 1.67 bits per heavy atom. The van der Waals surface area contributed by atoms with Gasteiger partial charge < -0.3 is 10.6 Å². The van der Waals surface area contributed by atoms with Crippen LogP contribution in [0.25, 0.3) is 0 Å². The molecule has 0 fully saturated rings. The smallest absolute Gasteiger partial charge is 0.0681 e. The zero-order valence-electron chi connectivity index (χ0n) is 5.04. The first-order chi connectivity index (χ1) is 3.93. The van der Waals surface area contributed by atoms with Gasteiger partial charge in [-0.2, -0.15) is 0 Å². The van der Waals surface area contributed by atoms with Crippen molar-refractivity contribution >= 4 is 0 Å². The van der Waals surface area contributed by atoms with E-state index >= 15 is 0 Å². The van der Waals surface area contributed by atoms with E-state index in [-0.39, 0.29) is 12.1 Å². The highest BCUT2D eigenvalue weighted by Gasteiger charge is 1.81. The molecule has 0 atom stereocenters. The van der Waals surface area contributed by atoms with Crippen LogP contribution in [0.4, 0.5) is 0 Å². The van der Waals surface area contributed by atoms with E-state index in [1.54, 1.807) is 0 Å². The van der Waals surface area contributed by atoms with Crippen LogP contribution in [0.2, 0.25) is 0 Å². The van der Waals surface area contributed by atoms with Gasteiger partial charge in [0.15, 0.2) is 0 Å². The van der Waals surface area contributed by atoms with E-state index < -0.39 is 0 Å². The van der Waals surface area contributed by atoms with Gasteiger partial charge in [-0.1, -0.05) is 30.3 Å². The Balaban J connectivity index is 0.000000640. The molecule has 1 aromatic rings. The van der Waals surface area contributed by atoms with Crippen LogP contribution in [0, 0.1) is 0 Å². The first-order valence-electron chi connectivity index (χ1n) is 2.58. The van der Waals surface area contributed by atoms with Crippen molar-refractivity contribution in [2.75, 3.05) is 0 Å². The fraction of sp³-hybridized carbons (Fsp3) is 0.143. The molecule has 2 heteroatoms. The van der Waals surface area contributed by atoms with Crippen molar-refractivity contribution in [1.82, 2.24) is 0 Å². The lowest BCUT2D eigenvalue weighted by Gasteiger charge is -1.89. The summed E-state index contributed by atoms with van der Waals surface area (Å²) >= 11 is 0. The highest BCUT2D eigenvalue weighted by molar-refractivity contribution is 5.12. The second-order valence-electron chi connectivity index (χ2n) is 1.64. The van der Waals surface area contributed by atoms with E-state index in [0.717, 1.165) is 5.56 Å². The van der Waals surface area contributed by atoms with Crippen LogP contribution in [0.1, 0.15) is 5.56 Å². The van der Waals surface area contributed by atoms with Crippen LogP contribution in [-0.4, -0.2) is 10.6 Å². The molecule has 9 heavy (non-hydrogen) atoms. The van der Waals surface area contributed by atoms with Crippen molar-refractivity contribution in [2.24, 2.45) is 0 Å². The third-order valence-electron chi connectivity index (χ3n) is 1.03. The van der Waals surface area contributed by atoms with Crippen molar-refractivity contribution in [3.05, 3.63) is 35.9 Å². The zero-order chi connectivity index (χ0) is 5.82. The minimum Gasteiger partial charge on any atom is -0.412 e. The second-order valence-corrected chi connectivity index (χ2v) is 1.64. The molecule has 0 aliphatic heterocycles. The largest absolute Gasteiger partial charge is 0.412 e. The fourth-order valence-electron chi connectivity index (χ4n) is 0.583. The normalized spacial score (nSPS) is 8.11. The Bertz CT molecular complexity index is 148. The van der Waals surface area contributed by atoms with Crippen molar-refractivity contribution < 1.29 is 10.6 Å². The number of rotatable bonds is 1. The van der Waals surface area contributed by atoms with Crippen LogP contribution in [0.5, 0.6) is 0 Å². The third-order valence-corrected chi connectivity index (χ3v) is 1.03. The predicted octanol–water partition coefficient (Wildman–Crippen LogP) is 0.354. The van der Waals surface area contributed by atoms with Gasteiger partial charge in [0.1, 0.15) is 0 Å². The Morgan fingerprint density at radius 3 is 2.00 bits per heavy atom. The summed E-state index contributed by atoms with van der Waals surface area (Å²) in [6.07, 6.45) is 0. The van der Waals surface area contributed by atoms with E-state index in [0.29, 0.717) is 0 Å². The molecule has 50 valence electrons. The molecule has 1 aromatic carbocycles. The number of aliphatic hydroxyl groups excluding tert-OH is 1. The van der Waals surface area contributed by atoms with Crippen LogP contribution < -0.4 is 0 Å². The van der Waals surface area contributed by atoms with Crippen molar-refractivity contribution in [3.63, 3.8) is 0 Å². The highest BCUT2D eigenvalue weighted by Crippen LogP contribution is 1.95. The van der Waals surface area contributed by atoms with Gasteiger partial charge in [0.2, 0.25) is 0 Å². The molecule has 0 radical (unpaired) electrons. The summed E-state index contributed by atoms with van der Waals surface area (Å²) < 4.78 is 0. The zero-order valence-corrected chi connectivity index (χ0v) is 5.04. The molecule has 0 heterocycles. The molecular weight excluding hydrogens is 116 g/mol. The van der Waals surface area contributed by atoms with Crippen molar-refractivity contribution in [1.29, 1.82) is 0 Å². The van der Waals surface area contributed by atoms with E-state index in [1.165, 1.54) is 0 Å². The Morgan fingerprint density at radius 1 is 1.11 bits per heavy atom. The molecule has 0 aliphatic rings. The monoisotopic (exact) mass is 126 g/mol. The topological polar surface area (TPSA) is 51.7 Å². The summed E-state index contributed by atoms with van der Waals surface area (Å²) in [6, 6.07) is 9.52. The fourth-order valence-corrected chi connectivity index (χ4v) is 0.583. The predicted molar refractivity (Wildman–Crippen MR) is 36.0 cm³/mol. The standard InChI is InChI=1S/C7H8O.H2O/c8-6-7-4-2-1-3-5-7;/h1-5,8H,6H2;1H2. The summed E-state index contributed by atoms with van der Waals surface area (Å²) in [5.74, 6) is 0. The molecule has 0 unspecified atom stereocenters. The summed E-state index contributed by atoms with van der Waals surface area (Å²) in [5.41, 5.74) is 0.965. The molecule has 0 saturated carbocycles. The van der Waals surface area contributed by atoms with Gasteiger partial charge in [0.25, 0.3) is 0 Å². The minimum absolute atomic E-state index is 0. The maximum Gasteiger partial charge on any atom is 0.0681 e. The van der Waals surface area contributed by atoms with E-state index in [4.69, 9.17) is 5.11 Å². The lowest BCUT2D eigenvalue weighted by molar-refractivity contribution is 0.282. The van der Waals surface area contributed by atoms with Crippen LogP contribution >= 0.6 is 0 Å². The van der Waals surface area contributed by atoms with Gasteiger partial charge >= 0.3 is 0 Å². The van der Waals surface area contributed by atoms with Crippen LogP contribution in [0.15, 0.2) is 30.3 Å². The molecule has 0 bridgehead atoms. The van der Waals surface area contributed by atoms with E-state index in [1.807, 2.05) is 30.3 Å². The minimum atomic E-state index is 0.